The monoisotopic (exact) mass is 394 g/mol. The van der Waals surface area contributed by atoms with E-state index in [1.54, 1.807) is 24.6 Å². The van der Waals surface area contributed by atoms with Crippen LogP contribution in [0.3, 0.4) is 0 Å². The number of benzene rings is 2. The maximum absolute atomic E-state index is 10.1. The number of hydrogen-bond donors (Lipinski definition) is 1. The maximum Gasteiger partial charge on any atom is 0.209 e. The predicted octanol–water partition coefficient (Wildman–Crippen LogP) is 5.50. The summed E-state index contributed by atoms with van der Waals surface area (Å²) in [7, 11) is 0. The third-order valence-electron chi connectivity index (χ3n) is 4.37. The van der Waals surface area contributed by atoms with Gasteiger partial charge < -0.3 is 13.9 Å². The van der Waals surface area contributed by atoms with Crippen molar-refractivity contribution in [2.24, 2.45) is 0 Å². The van der Waals surface area contributed by atoms with Gasteiger partial charge in [0.05, 0.1) is 25.5 Å². The lowest BCUT2D eigenvalue weighted by molar-refractivity contribution is 0.204. The molecule has 28 heavy (non-hydrogen) atoms. The number of para-hydroxylation sites is 1. The van der Waals surface area contributed by atoms with Gasteiger partial charge in [0.15, 0.2) is 5.76 Å². The number of halogens is 1. The molecular weight excluding hydrogens is 376 g/mol. The molecule has 0 unspecified atom stereocenters. The number of furan rings is 1. The summed E-state index contributed by atoms with van der Waals surface area (Å²) >= 11 is 6.07. The van der Waals surface area contributed by atoms with Gasteiger partial charge in [0, 0.05) is 22.7 Å². The van der Waals surface area contributed by atoms with E-state index in [2.05, 4.69) is 9.88 Å². The molecule has 1 N–H and O–H groups in total. The number of hydrogen-bond acceptors (Lipinski definition) is 5. The Kier molecular flexibility index (Phi) is 5.46. The topological polar surface area (TPSA) is 62.6 Å². The average molecular weight is 395 g/mol. The summed E-state index contributed by atoms with van der Waals surface area (Å²) in [5, 5.41) is 10.8. The lowest BCUT2D eigenvalue weighted by Gasteiger charge is -2.20. The minimum absolute atomic E-state index is 0.263. The van der Waals surface area contributed by atoms with Crippen LogP contribution >= 0.6 is 11.6 Å². The van der Waals surface area contributed by atoms with Gasteiger partial charge in [0.1, 0.15) is 11.5 Å². The van der Waals surface area contributed by atoms with Crippen LogP contribution in [0.15, 0.2) is 82.0 Å². The van der Waals surface area contributed by atoms with E-state index in [1.807, 2.05) is 48.5 Å². The number of rotatable bonds is 7. The first-order valence-corrected chi connectivity index (χ1v) is 9.27. The molecule has 0 amide bonds. The normalized spacial score (nSPS) is 11.2. The van der Waals surface area contributed by atoms with E-state index in [9.17, 15) is 5.11 Å². The Hall–Kier alpha value is -3.02. The predicted molar refractivity (Wildman–Crippen MR) is 107 cm³/mol. The van der Waals surface area contributed by atoms with Crippen LogP contribution in [0.25, 0.3) is 11.3 Å². The minimum atomic E-state index is 0.263. The lowest BCUT2D eigenvalue weighted by Crippen LogP contribution is -2.22. The third kappa shape index (κ3) is 4.44. The molecule has 0 aliphatic heterocycles. The summed E-state index contributed by atoms with van der Waals surface area (Å²) in [5.41, 5.74) is 1.71. The summed E-state index contributed by atoms with van der Waals surface area (Å²) in [6.07, 6.45) is 3.35. The van der Waals surface area contributed by atoms with E-state index in [0.29, 0.717) is 36.3 Å². The Morgan fingerprint density at radius 2 is 1.86 bits per heavy atom. The Morgan fingerprint density at radius 3 is 2.64 bits per heavy atom. The van der Waals surface area contributed by atoms with Crippen molar-refractivity contribution in [1.29, 1.82) is 0 Å². The Labute approximate surface area is 167 Å². The molecule has 0 atom stereocenters. The van der Waals surface area contributed by atoms with Gasteiger partial charge in [-0.1, -0.05) is 41.9 Å². The number of phenolic OH excluding ortho intramolecular Hbond substituents is 1. The summed E-state index contributed by atoms with van der Waals surface area (Å²) in [6.45, 7) is 1.56. The molecule has 142 valence electrons. The fraction of sp³-hybridized carbons (Fsp3) is 0.136. The quantitative estimate of drug-likeness (QED) is 0.448. The molecule has 2 aromatic heterocycles. The van der Waals surface area contributed by atoms with Crippen LogP contribution in [-0.4, -0.2) is 15.0 Å². The SMILES string of the molecule is Oc1ccccc1CN(Cc1ccco1)Cc1ncc(-c2cccc(Cl)c2)o1. The number of aromatic nitrogens is 1. The molecule has 0 aliphatic rings. The van der Waals surface area contributed by atoms with Gasteiger partial charge in [-0.3, -0.25) is 4.90 Å². The molecule has 0 spiro atoms. The Bertz CT molecular complexity index is 1040. The van der Waals surface area contributed by atoms with E-state index >= 15 is 0 Å². The van der Waals surface area contributed by atoms with Gasteiger partial charge in [0.2, 0.25) is 5.89 Å². The second-order valence-corrected chi connectivity index (χ2v) is 6.92. The highest BCUT2D eigenvalue weighted by atomic mass is 35.5. The van der Waals surface area contributed by atoms with E-state index in [-0.39, 0.29) is 5.75 Å². The largest absolute Gasteiger partial charge is 0.508 e. The molecular formula is C22H19ClN2O3. The van der Waals surface area contributed by atoms with Gasteiger partial charge in [-0.05, 0) is 30.3 Å². The molecule has 0 bridgehead atoms. The van der Waals surface area contributed by atoms with Crippen molar-refractivity contribution >= 4 is 11.6 Å². The Balaban J connectivity index is 1.54. The molecule has 0 fully saturated rings. The highest BCUT2D eigenvalue weighted by molar-refractivity contribution is 6.30. The van der Waals surface area contributed by atoms with Crippen molar-refractivity contribution in [2.75, 3.05) is 0 Å². The summed E-state index contributed by atoms with van der Waals surface area (Å²) in [6, 6.07) is 18.5. The van der Waals surface area contributed by atoms with Crippen molar-refractivity contribution in [2.45, 2.75) is 19.6 Å². The minimum Gasteiger partial charge on any atom is -0.508 e. The Morgan fingerprint density at radius 1 is 0.964 bits per heavy atom. The smallest absolute Gasteiger partial charge is 0.209 e. The van der Waals surface area contributed by atoms with Gasteiger partial charge >= 0.3 is 0 Å². The summed E-state index contributed by atoms with van der Waals surface area (Å²) < 4.78 is 11.4. The molecule has 2 aromatic carbocycles. The maximum atomic E-state index is 10.1. The molecule has 4 rings (SSSR count). The first-order valence-electron chi connectivity index (χ1n) is 8.89. The van der Waals surface area contributed by atoms with Crippen molar-refractivity contribution in [1.82, 2.24) is 9.88 Å². The summed E-state index contributed by atoms with van der Waals surface area (Å²) in [4.78, 5) is 6.51. The van der Waals surface area contributed by atoms with Gasteiger partial charge in [-0.15, -0.1) is 0 Å². The van der Waals surface area contributed by atoms with E-state index in [4.69, 9.17) is 20.4 Å². The number of oxazole rings is 1. The van der Waals surface area contributed by atoms with Crippen molar-refractivity contribution in [3.8, 4) is 17.1 Å². The van der Waals surface area contributed by atoms with Crippen LogP contribution < -0.4 is 0 Å². The zero-order valence-corrected chi connectivity index (χ0v) is 15.8. The van der Waals surface area contributed by atoms with Gasteiger partial charge in [0.25, 0.3) is 0 Å². The number of aromatic hydroxyl groups is 1. The molecule has 0 aliphatic carbocycles. The van der Waals surface area contributed by atoms with Crippen molar-refractivity contribution in [3.63, 3.8) is 0 Å². The van der Waals surface area contributed by atoms with E-state index in [0.717, 1.165) is 16.9 Å². The van der Waals surface area contributed by atoms with Gasteiger partial charge in [-0.2, -0.15) is 0 Å². The highest BCUT2D eigenvalue weighted by Crippen LogP contribution is 2.25. The second-order valence-electron chi connectivity index (χ2n) is 6.48. The number of phenols is 1. The van der Waals surface area contributed by atoms with Crippen LogP contribution in [0.1, 0.15) is 17.2 Å². The lowest BCUT2D eigenvalue weighted by atomic mass is 10.2. The zero-order chi connectivity index (χ0) is 19.3. The van der Waals surface area contributed by atoms with E-state index in [1.165, 1.54) is 0 Å². The van der Waals surface area contributed by atoms with Crippen LogP contribution in [0.4, 0.5) is 0 Å². The van der Waals surface area contributed by atoms with Crippen LogP contribution in [0, 0.1) is 0 Å². The van der Waals surface area contributed by atoms with Gasteiger partial charge in [-0.25, -0.2) is 4.98 Å². The average Bonchev–Trinajstić information content (AvgIpc) is 3.36. The molecule has 6 heteroatoms. The molecule has 0 radical (unpaired) electrons. The van der Waals surface area contributed by atoms with Crippen molar-refractivity contribution in [3.05, 3.63) is 95.4 Å². The second kappa shape index (κ2) is 8.33. The van der Waals surface area contributed by atoms with Crippen molar-refractivity contribution < 1.29 is 13.9 Å². The number of nitrogens with zero attached hydrogens (tertiary/aromatic N) is 2. The van der Waals surface area contributed by atoms with E-state index < -0.39 is 0 Å². The first-order chi connectivity index (χ1) is 13.7. The summed E-state index contributed by atoms with van der Waals surface area (Å²) in [5.74, 6) is 2.34. The third-order valence-corrected chi connectivity index (χ3v) is 4.60. The van der Waals surface area contributed by atoms with Crippen LogP contribution in [-0.2, 0) is 19.6 Å². The first kappa shape index (κ1) is 18.3. The fourth-order valence-corrected chi connectivity index (χ4v) is 3.22. The molecule has 5 nitrogen and oxygen atoms in total. The standard InChI is InChI=1S/C22H19ClN2O3/c23-18-7-3-6-16(11-18)21-12-24-22(28-21)15-25(14-19-8-4-10-27-19)13-17-5-1-2-9-20(17)26/h1-12,26H,13-15H2. The molecule has 0 saturated heterocycles. The molecule has 2 heterocycles. The zero-order valence-electron chi connectivity index (χ0n) is 15.1. The van der Waals surface area contributed by atoms with Crippen LogP contribution in [0.2, 0.25) is 5.02 Å². The fourth-order valence-electron chi connectivity index (χ4n) is 3.03. The molecule has 4 aromatic rings. The molecule has 0 saturated carbocycles. The van der Waals surface area contributed by atoms with Crippen LogP contribution in [0.5, 0.6) is 5.75 Å². The highest BCUT2D eigenvalue weighted by Gasteiger charge is 2.15.